The highest BCUT2D eigenvalue weighted by molar-refractivity contribution is 5.67. The van der Waals surface area contributed by atoms with Crippen molar-refractivity contribution in [3.05, 3.63) is 63.5 Å². The fraction of sp³-hybridized carbons (Fsp3) is 0. The minimum atomic E-state index is -0.550. The Labute approximate surface area is 117 Å². The van der Waals surface area contributed by atoms with Crippen molar-refractivity contribution in [3.8, 4) is 24.2 Å². The first-order chi connectivity index (χ1) is 10.1. The Hall–Kier alpha value is -3.31. The first kappa shape index (κ1) is 11.8. The Balaban J connectivity index is 2.53. The van der Waals surface area contributed by atoms with Crippen molar-refractivity contribution in [2.24, 2.45) is 0 Å². The van der Waals surface area contributed by atoms with E-state index < -0.39 is 4.92 Å². The number of nitro benzene ring substituents is 1. The summed E-state index contributed by atoms with van der Waals surface area (Å²) in [4.78, 5) is 14.4. The monoisotopic (exact) mass is 265 g/mol. The topological polar surface area (TPSA) is 82.0 Å². The molecule has 2 rings (SSSR count). The fourth-order valence-electron chi connectivity index (χ4n) is 1.54. The molecule has 0 spiro atoms. The average Bonchev–Trinajstić information content (AvgIpc) is 2.48. The first-order valence-corrected chi connectivity index (χ1v) is 5.54. The smallest absolute Gasteiger partial charge is 0.286 e. The molecule has 0 aliphatic carbocycles. The van der Waals surface area contributed by atoms with Gasteiger partial charge in [-0.15, -0.1) is 6.40 Å². The predicted molar refractivity (Wildman–Crippen MR) is 75.7 cm³/mol. The lowest BCUT2D eigenvalue weighted by Crippen LogP contribution is -1.98. The van der Waals surface area contributed by atoms with Gasteiger partial charge in [-0.2, -0.15) is 0 Å². The van der Waals surface area contributed by atoms with E-state index in [2.05, 4.69) is 22.7 Å². The normalized spacial score (nSPS) is 9.50. The van der Waals surface area contributed by atoms with Crippen LogP contribution < -0.4 is 5.73 Å². The summed E-state index contributed by atoms with van der Waals surface area (Å²) in [5, 5.41) is 11.1. The summed E-state index contributed by atoms with van der Waals surface area (Å²) in [6.07, 6.45) is 5.09. The van der Waals surface area contributed by atoms with Crippen molar-refractivity contribution in [1.29, 1.82) is 0 Å². The van der Waals surface area contributed by atoms with Crippen LogP contribution in [0.25, 0.3) is 0 Å². The van der Waals surface area contributed by atoms with E-state index in [4.69, 9.17) is 7.10 Å². The largest absolute Gasteiger partial charge is 0.398 e. The molecule has 2 N–H and O–H groups in total. The lowest BCUT2D eigenvalue weighted by atomic mass is 10.1. The number of nitrogens with two attached hydrogens (primary N) is 1. The van der Waals surface area contributed by atoms with Gasteiger partial charge in [0, 0.05) is 29.7 Å². The second kappa shape index (κ2) is 5.55. The van der Waals surface area contributed by atoms with Gasteiger partial charge in [0.25, 0.3) is 5.69 Å². The van der Waals surface area contributed by atoms with Crippen molar-refractivity contribution in [3.63, 3.8) is 0 Å². The van der Waals surface area contributed by atoms with Gasteiger partial charge in [-0.3, -0.25) is 15.1 Å². The van der Waals surface area contributed by atoms with E-state index in [1.165, 1.54) is 12.1 Å². The zero-order valence-corrected chi connectivity index (χ0v) is 10.3. The van der Waals surface area contributed by atoms with E-state index in [9.17, 15) is 10.1 Å². The Bertz CT molecular complexity index is 812. The molecule has 1 aromatic carbocycles. The molecule has 0 amide bonds. The number of anilines is 1. The highest BCUT2D eigenvalue weighted by Crippen LogP contribution is 2.24. The molecule has 20 heavy (non-hydrogen) atoms. The van der Waals surface area contributed by atoms with Crippen molar-refractivity contribution < 1.29 is 6.29 Å². The van der Waals surface area contributed by atoms with Gasteiger partial charge >= 0.3 is 0 Å². The third kappa shape index (κ3) is 2.74. The molecule has 5 nitrogen and oxygen atoms in total. The number of rotatable bonds is 1. The number of terminal acetylenes is 1. The number of nitrogen functional groups attached to an aromatic ring is 1. The summed E-state index contributed by atoms with van der Waals surface area (Å²) in [5.74, 6) is 7.94. The maximum absolute atomic E-state index is 11.1. The maximum Gasteiger partial charge on any atom is 0.286 e. The second-order valence-corrected chi connectivity index (χ2v) is 3.82. The number of nitrogens with zero attached hydrogens (tertiary/aromatic N) is 2. The van der Waals surface area contributed by atoms with Crippen LogP contribution >= 0.6 is 0 Å². The molecule has 0 radical (unpaired) electrons. The molecule has 96 valence electrons. The van der Waals surface area contributed by atoms with Crippen molar-refractivity contribution >= 4 is 11.4 Å². The van der Waals surface area contributed by atoms with Crippen molar-refractivity contribution in [2.45, 2.75) is 0 Å². The zero-order chi connectivity index (χ0) is 15.2. The SMILES string of the molecule is [3H]C#Cc1cc([N+](=O)[O-])c(C#Cc2ccncc2)cc1N. The highest BCUT2D eigenvalue weighted by atomic mass is 16.6. The molecule has 0 aliphatic rings. The van der Waals surface area contributed by atoms with Gasteiger partial charge in [0.2, 0.25) is 0 Å². The number of pyridine rings is 1. The molecule has 2 aromatic rings. The van der Waals surface area contributed by atoms with Gasteiger partial charge in [0.05, 0.1) is 10.5 Å². The standard InChI is InChI=1S/C15H9N3O2/c1-2-12-10-15(18(19)20)13(9-14(12)16)4-3-11-5-7-17-8-6-11/h1,5-10H,16H2/i1T. The van der Waals surface area contributed by atoms with Crippen LogP contribution in [0.2, 0.25) is 0 Å². The van der Waals surface area contributed by atoms with E-state index in [0.717, 1.165) is 0 Å². The average molecular weight is 265 g/mol. The second-order valence-electron chi connectivity index (χ2n) is 3.82. The first-order valence-electron chi connectivity index (χ1n) is 6.04. The Morgan fingerprint density at radius 1 is 1.30 bits per heavy atom. The lowest BCUT2D eigenvalue weighted by molar-refractivity contribution is -0.385. The molecule has 0 fully saturated rings. The number of hydrogen-bond acceptors (Lipinski definition) is 4. The lowest BCUT2D eigenvalue weighted by Gasteiger charge is -2.01. The minimum Gasteiger partial charge on any atom is -0.398 e. The summed E-state index contributed by atoms with van der Waals surface area (Å²) in [6, 6.07) is 6.02. The van der Waals surface area contributed by atoms with E-state index in [0.29, 0.717) is 5.56 Å². The summed E-state index contributed by atoms with van der Waals surface area (Å²) in [6.45, 7) is 0. The molecule has 1 aromatic heterocycles. The molecular formula is C15H9N3O2. The number of hydrogen-bond donors (Lipinski definition) is 1. The number of aromatic nitrogens is 1. The Morgan fingerprint density at radius 2 is 2.05 bits per heavy atom. The van der Waals surface area contributed by atoms with Gasteiger partial charge in [0.15, 0.2) is 0 Å². The number of benzene rings is 1. The van der Waals surface area contributed by atoms with Crippen LogP contribution in [0.15, 0.2) is 36.7 Å². The van der Waals surface area contributed by atoms with Gasteiger partial charge in [0.1, 0.15) is 6.93 Å². The molecular weight excluding hydrogens is 254 g/mol. The van der Waals surface area contributed by atoms with E-state index >= 15 is 0 Å². The van der Waals surface area contributed by atoms with Crippen LogP contribution in [0.1, 0.15) is 18.1 Å². The summed E-state index contributed by atoms with van der Waals surface area (Å²) >= 11 is 0. The number of nitro groups is 1. The molecule has 5 heteroatoms. The van der Waals surface area contributed by atoms with Crippen LogP contribution in [0.5, 0.6) is 0 Å². The molecule has 0 atom stereocenters. The molecule has 0 saturated heterocycles. The van der Waals surface area contributed by atoms with Gasteiger partial charge in [-0.1, -0.05) is 17.8 Å². The van der Waals surface area contributed by atoms with Crippen LogP contribution in [0.4, 0.5) is 11.4 Å². The Kier molecular flexibility index (Phi) is 3.27. The van der Waals surface area contributed by atoms with Gasteiger partial charge < -0.3 is 5.73 Å². The molecule has 0 bridgehead atoms. The van der Waals surface area contributed by atoms with E-state index in [-0.39, 0.29) is 22.5 Å². The molecule has 0 saturated carbocycles. The third-order valence-corrected chi connectivity index (χ3v) is 2.52. The maximum atomic E-state index is 11.1. The van der Waals surface area contributed by atoms with E-state index in [1.54, 1.807) is 24.5 Å². The minimum absolute atomic E-state index is 0.191. The van der Waals surface area contributed by atoms with Crippen LogP contribution in [0, 0.1) is 34.3 Å². The highest BCUT2D eigenvalue weighted by Gasteiger charge is 2.15. The predicted octanol–water partition coefficient (Wildman–Crippen LogP) is 1.95. The Morgan fingerprint density at radius 3 is 2.70 bits per heavy atom. The van der Waals surface area contributed by atoms with Gasteiger partial charge in [-0.25, -0.2) is 0 Å². The quantitative estimate of drug-likeness (QED) is 0.370. The van der Waals surface area contributed by atoms with Crippen molar-refractivity contribution in [2.75, 3.05) is 5.73 Å². The van der Waals surface area contributed by atoms with Crippen LogP contribution in [-0.4, -0.2) is 9.91 Å². The van der Waals surface area contributed by atoms with E-state index in [1.807, 2.05) is 6.40 Å². The molecule has 0 aliphatic heterocycles. The fourth-order valence-corrected chi connectivity index (χ4v) is 1.54. The summed E-state index contributed by atoms with van der Waals surface area (Å²) in [5.41, 5.74) is 6.95. The van der Waals surface area contributed by atoms with Crippen LogP contribution in [-0.2, 0) is 0 Å². The summed E-state index contributed by atoms with van der Waals surface area (Å²) in [7, 11) is 0. The van der Waals surface area contributed by atoms with Gasteiger partial charge in [-0.05, 0) is 18.2 Å². The van der Waals surface area contributed by atoms with Crippen molar-refractivity contribution in [1.82, 2.24) is 4.98 Å². The third-order valence-electron chi connectivity index (χ3n) is 2.52. The zero-order valence-electron chi connectivity index (χ0n) is 11.3. The van der Waals surface area contributed by atoms with Crippen LogP contribution in [0.3, 0.4) is 0 Å². The summed E-state index contributed by atoms with van der Waals surface area (Å²) < 4.78 is 6.84. The molecule has 0 unspecified atom stereocenters. The molecule has 1 heterocycles.